The van der Waals surface area contributed by atoms with E-state index in [9.17, 15) is 18.0 Å². The highest BCUT2D eigenvalue weighted by atomic mass is 35.5. The van der Waals surface area contributed by atoms with Gasteiger partial charge in [0.15, 0.2) is 5.78 Å². The molecule has 1 fully saturated rings. The van der Waals surface area contributed by atoms with E-state index >= 15 is 0 Å². The monoisotopic (exact) mass is 546 g/mol. The summed E-state index contributed by atoms with van der Waals surface area (Å²) < 4.78 is 44.7. The lowest BCUT2D eigenvalue weighted by molar-refractivity contribution is 0.0967. The Morgan fingerprint density at radius 2 is 1.18 bits per heavy atom. The zero-order valence-corrected chi connectivity index (χ0v) is 24.0. The van der Waals surface area contributed by atoms with Crippen LogP contribution in [-0.2, 0) is 0 Å². The number of rotatable bonds is 6. The standard InChI is InChI=1S/C13H15FO.C10H13FO.C9H10ClF/c1-8(2)11-6-5-10(7-12(11)14)13(15)9-3-4-9;1-7(2)9-5-4-8(12-3)6-10(9)11;1-6(2)8-4-3-7(10)5-9(8)11/h5-9H,3-4H2,1-2H3;4-7H,1-3H3;3-6H,1-2H3. The molecule has 0 heterocycles. The van der Waals surface area contributed by atoms with E-state index in [-0.39, 0.29) is 46.9 Å². The summed E-state index contributed by atoms with van der Waals surface area (Å²) in [7, 11) is 1.53. The van der Waals surface area contributed by atoms with Crippen LogP contribution >= 0.6 is 11.6 Å². The van der Waals surface area contributed by atoms with Crippen molar-refractivity contribution in [1.82, 2.24) is 0 Å². The molecule has 206 valence electrons. The maximum atomic E-state index is 13.6. The summed E-state index contributed by atoms with van der Waals surface area (Å²) in [5, 5.41) is 0.451. The second kappa shape index (κ2) is 14.4. The molecule has 0 bridgehead atoms. The van der Waals surface area contributed by atoms with Gasteiger partial charge < -0.3 is 4.74 Å². The Kier molecular flexibility index (Phi) is 11.9. The van der Waals surface area contributed by atoms with Crippen LogP contribution in [0.4, 0.5) is 13.2 Å². The van der Waals surface area contributed by atoms with Gasteiger partial charge in [0.1, 0.15) is 23.2 Å². The predicted octanol–water partition coefficient (Wildman–Crippen LogP) is 10.1. The molecule has 0 amide bonds. The van der Waals surface area contributed by atoms with Crippen LogP contribution in [0.15, 0.2) is 54.6 Å². The quantitative estimate of drug-likeness (QED) is 0.287. The topological polar surface area (TPSA) is 26.3 Å². The molecule has 1 aliphatic rings. The molecule has 1 aliphatic carbocycles. The number of ketones is 1. The molecule has 38 heavy (non-hydrogen) atoms. The zero-order chi connectivity index (χ0) is 28.6. The molecular weight excluding hydrogens is 509 g/mol. The minimum atomic E-state index is -0.253. The van der Waals surface area contributed by atoms with Crippen LogP contribution in [0.3, 0.4) is 0 Å². The van der Waals surface area contributed by atoms with E-state index in [1.54, 1.807) is 36.4 Å². The number of benzene rings is 3. The zero-order valence-electron chi connectivity index (χ0n) is 23.2. The first-order valence-corrected chi connectivity index (χ1v) is 13.3. The van der Waals surface area contributed by atoms with Gasteiger partial charge in [0.2, 0.25) is 0 Å². The second-order valence-electron chi connectivity index (χ2n) is 10.4. The van der Waals surface area contributed by atoms with E-state index in [0.29, 0.717) is 21.9 Å². The van der Waals surface area contributed by atoms with Crippen LogP contribution in [0.5, 0.6) is 5.75 Å². The Morgan fingerprint density at radius 3 is 1.58 bits per heavy atom. The molecule has 6 heteroatoms. The van der Waals surface area contributed by atoms with Gasteiger partial charge in [-0.3, -0.25) is 4.79 Å². The van der Waals surface area contributed by atoms with Gasteiger partial charge in [-0.1, -0.05) is 77.4 Å². The van der Waals surface area contributed by atoms with Crippen molar-refractivity contribution in [2.24, 2.45) is 5.92 Å². The van der Waals surface area contributed by atoms with Crippen LogP contribution in [0.25, 0.3) is 0 Å². The van der Waals surface area contributed by atoms with Gasteiger partial charge in [0.05, 0.1) is 7.11 Å². The van der Waals surface area contributed by atoms with Crippen molar-refractivity contribution in [3.8, 4) is 5.75 Å². The van der Waals surface area contributed by atoms with Gasteiger partial charge in [-0.2, -0.15) is 0 Å². The van der Waals surface area contributed by atoms with E-state index in [2.05, 4.69) is 0 Å². The minimum Gasteiger partial charge on any atom is -0.497 e. The van der Waals surface area contributed by atoms with Crippen LogP contribution in [0, 0.1) is 23.4 Å². The van der Waals surface area contributed by atoms with Crippen molar-refractivity contribution >= 4 is 17.4 Å². The molecular formula is C32H38ClF3O2. The maximum Gasteiger partial charge on any atom is 0.166 e. The average molecular weight is 547 g/mol. The molecule has 0 saturated heterocycles. The van der Waals surface area contributed by atoms with Crippen molar-refractivity contribution in [2.75, 3.05) is 7.11 Å². The van der Waals surface area contributed by atoms with E-state index in [1.807, 2.05) is 41.5 Å². The lowest BCUT2D eigenvalue weighted by atomic mass is 9.98. The molecule has 0 aromatic heterocycles. The SMILES string of the molecule is CC(C)c1ccc(C(=O)C2CC2)cc1F.CC(C)c1ccc(Cl)cc1F.COc1ccc(C(C)C)c(F)c1. The third-order valence-corrected chi connectivity index (χ3v) is 6.50. The summed E-state index contributed by atoms with van der Waals surface area (Å²) in [4.78, 5) is 11.7. The molecule has 0 atom stereocenters. The Bertz CT molecular complexity index is 1220. The van der Waals surface area contributed by atoms with Crippen LogP contribution in [0.1, 0.15) is 99.2 Å². The Labute approximate surface area is 230 Å². The first-order chi connectivity index (χ1) is 17.8. The number of Topliss-reactive ketones (excluding diaryl/α,β-unsaturated/α-hetero) is 1. The van der Waals surface area contributed by atoms with Gasteiger partial charge >= 0.3 is 0 Å². The first-order valence-electron chi connectivity index (χ1n) is 13.0. The number of halogens is 4. The normalized spacial score (nSPS) is 12.6. The summed E-state index contributed by atoms with van der Waals surface area (Å²) in [6.45, 7) is 11.7. The number of methoxy groups -OCH3 is 1. The summed E-state index contributed by atoms with van der Waals surface area (Å²) in [6.07, 6.45) is 1.93. The molecule has 3 aromatic rings. The summed E-state index contributed by atoms with van der Waals surface area (Å²) in [5.74, 6) is 0.766. The third-order valence-electron chi connectivity index (χ3n) is 6.27. The molecule has 2 nitrogen and oxygen atoms in total. The Morgan fingerprint density at radius 1 is 0.737 bits per heavy atom. The highest BCUT2D eigenvalue weighted by molar-refractivity contribution is 6.30. The fourth-order valence-corrected chi connectivity index (χ4v) is 3.96. The number of ether oxygens (including phenoxy) is 1. The molecule has 0 radical (unpaired) electrons. The summed E-state index contributed by atoms with van der Waals surface area (Å²) >= 11 is 5.58. The lowest BCUT2D eigenvalue weighted by Gasteiger charge is -2.08. The largest absolute Gasteiger partial charge is 0.497 e. The predicted molar refractivity (Wildman–Crippen MR) is 150 cm³/mol. The van der Waals surface area contributed by atoms with Crippen molar-refractivity contribution < 1.29 is 22.7 Å². The highest BCUT2D eigenvalue weighted by Crippen LogP contribution is 2.33. The highest BCUT2D eigenvalue weighted by Gasteiger charge is 2.30. The van der Waals surface area contributed by atoms with Crippen molar-refractivity contribution in [2.45, 2.75) is 72.1 Å². The smallest absolute Gasteiger partial charge is 0.166 e. The van der Waals surface area contributed by atoms with Gasteiger partial charge in [-0.25, -0.2) is 13.2 Å². The van der Waals surface area contributed by atoms with Gasteiger partial charge in [0.25, 0.3) is 0 Å². The van der Waals surface area contributed by atoms with Crippen molar-refractivity contribution in [3.63, 3.8) is 0 Å². The van der Waals surface area contributed by atoms with Gasteiger partial charge in [0, 0.05) is 22.6 Å². The first kappa shape index (κ1) is 31.4. The minimum absolute atomic E-state index is 0.101. The molecule has 0 N–H and O–H groups in total. The fourth-order valence-electron chi connectivity index (χ4n) is 3.80. The molecule has 0 aliphatic heterocycles. The van der Waals surface area contributed by atoms with Crippen LogP contribution in [0.2, 0.25) is 5.02 Å². The van der Waals surface area contributed by atoms with Gasteiger partial charge in [-0.15, -0.1) is 0 Å². The number of hydrogen-bond acceptors (Lipinski definition) is 2. The van der Waals surface area contributed by atoms with Crippen LogP contribution in [-0.4, -0.2) is 12.9 Å². The lowest BCUT2D eigenvalue weighted by Crippen LogP contribution is -2.03. The molecule has 3 aromatic carbocycles. The third kappa shape index (κ3) is 9.20. The summed E-state index contributed by atoms with van der Waals surface area (Å²) in [6, 6.07) is 14.6. The number of carbonyl (C=O) groups is 1. The molecule has 4 rings (SSSR count). The Hall–Kier alpha value is -2.79. The fraction of sp³-hybridized carbons (Fsp3) is 0.406. The van der Waals surface area contributed by atoms with E-state index in [1.165, 1.54) is 25.3 Å². The molecule has 0 unspecified atom stereocenters. The van der Waals surface area contributed by atoms with E-state index in [4.69, 9.17) is 16.3 Å². The van der Waals surface area contributed by atoms with Crippen molar-refractivity contribution in [1.29, 1.82) is 0 Å². The van der Waals surface area contributed by atoms with Crippen LogP contribution < -0.4 is 4.74 Å². The van der Waals surface area contributed by atoms with Crippen molar-refractivity contribution in [3.05, 3.63) is 99.3 Å². The second-order valence-corrected chi connectivity index (χ2v) is 10.8. The molecule has 0 spiro atoms. The van der Waals surface area contributed by atoms with Gasteiger partial charge in [-0.05, 0) is 71.6 Å². The average Bonchev–Trinajstić information content (AvgIpc) is 3.69. The Balaban J connectivity index is 0.000000203. The van der Waals surface area contributed by atoms with E-state index in [0.717, 1.165) is 24.0 Å². The number of hydrogen-bond donors (Lipinski definition) is 0. The molecule has 1 saturated carbocycles. The summed E-state index contributed by atoms with van der Waals surface area (Å²) in [5.41, 5.74) is 2.66. The number of carbonyl (C=O) groups excluding carboxylic acids is 1. The maximum absolute atomic E-state index is 13.6. The van der Waals surface area contributed by atoms with E-state index < -0.39 is 0 Å².